The van der Waals surface area contributed by atoms with Gasteiger partial charge in [-0.25, -0.2) is 0 Å². The summed E-state index contributed by atoms with van der Waals surface area (Å²) in [6, 6.07) is 18.8. The van der Waals surface area contributed by atoms with Crippen LogP contribution in [0, 0.1) is 6.92 Å². The van der Waals surface area contributed by atoms with E-state index >= 15 is 0 Å². The topological polar surface area (TPSA) is 58.1 Å². The second-order valence-electron chi connectivity index (χ2n) is 7.85. The zero-order valence-electron chi connectivity index (χ0n) is 17.2. The quantitative estimate of drug-likeness (QED) is 0.601. The summed E-state index contributed by atoms with van der Waals surface area (Å²) >= 11 is 0. The van der Waals surface area contributed by atoms with Crippen LogP contribution in [0.1, 0.15) is 34.5 Å². The van der Waals surface area contributed by atoms with Crippen LogP contribution in [0.5, 0.6) is 0 Å². The highest BCUT2D eigenvalue weighted by molar-refractivity contribution is 5.96. The molecule has 1 atom stereocenters. The van der Waals surface area contributed by atoms with E-state index in [0.717, 1.165) is 41.2 Å². The first-order chi connectivity index (χ1) is 14.0. The Bertz CT molecular complexity index is 1020. The summed E-state index contributed by atoms with van der Waals surface area (Å²) in [5.41, 5.74) is 6.07. The lowest BCUT2D eigenvalue weighted by atomic mass is 10.0. The van der Waals surface area contributed by atoms with Crippen LogP contribution in [0.25, 0.3) is 11.3 Å². The number of carbonyl (C=O) groups is 1. The number of aromatic nitrogens is 1. The molecule has 3 N–H and O–H groups in total. The summed E-state index contributed by atoms with van der Waals surface area (Å²) < 4.78 is 2.10. The van der Waals surface area contributed by atoms with E-state index in [9.17, 15) is 4.79 Å². The number of carbonyl (C=O) groups excluding carboxylic acids is 1. The van der Waals surface area contributed by atoms with Crippen LogP contribution >= 0.6 is 0 Å². The molecule has 2 heterocycles. The van der Waals surface area contributed by atoms with Gasteiger partial charge in [0.05, 0.1) is 12.1 Å². The van der Waals surface area contributed by atoms with Crippen molar-refractivity contribution in [2.24, 2.45) is 7.05 Å². The smallest absolute Gasteiger partial charge is 0.252 e. The molecule has 29 heavy (non-hydrogen) atoms. The van der Waals surface area contributed by atoms with Crippen molar-refractivity contribution in [1.82, 2.24) is 15.2 Å². The van der Waals surface area contributed by atoms with Crippen molar-refractivity contribution >= 4 is 11.6 Å². The fraction of sp³-hybridized carbons (Fsp3) is 0.292. The molecule has 150 valence electrons. The van der Waals surface area contributed by atoms with E-state index < -0.39 is 0 Å². The molecular weight excluding hydrogens is 360 g/mol. The first-order valence-electron chi connectivity index (χ1n) is 10.1. The summed E-state index contributed by atoms with van der Waals surface area (Å²) in [4.78, 5) is 13.0. The molecule has 1 saturated heterocycles. The van der Waals surface area contributed by atoms with Crippen molar-refractivity contribution in [1.29, 1.82) is 0 Å². The first-order valence-corrected chi connectivity index (χ1v) is 10.1. The van der Waals surface area contributed by atoms with Crippen LogP contribution in [-0.2, 0) is 7.05 Å². The minimum Gasteiger partial charge on any atom is -0.380 e. The standard InChI is InChI=1S/C24H28N4O/c1-16-9-10-20(27-21-14-25-15-21)13-22(16)24(29)26-17(2)18-6-4-7-19(12-18)23-8-5-11-28(23)3/h4-13,17,21,25,27H,14-15H2,1-3H3,(H,26,29)/t17-/m1/s1. The van der Waals surface area contributed by atoms with E-state index in [1.54, 1.807) is 0 Å². The normalized spacial score (nSPS) is 14.9. The lowest BCUT2D eigenvalue weighted by molar-refractivity contribution is 0.0939. The summed E-state index contributed by atoms with van der Waals surface area (Å²) in [6.45, 7) is 5.93. The Kier molecular flexibility index (Phi) is 5.41. The molecule has 0 spiro atoms. The highest BCUT2D eigenvalue weighted by atomic mass is 16.1. The van der Waals surface area contributed by atoms with Crippen LogP contribution in [0.4, 0.5) is 5.69 Å². The molecule has 5 nitrogen and oxygen atoms in total. The lowest BCUT2D eigenvalue weighted by Gasteiger charge is -2.29. The van der Waals surface area contributed by atoms with Crippen LogP contribution in [0.3, 0.4) is 0 Å². The van der Waals surface area contributed by atoms with Crippen LogP contribution in [0.15, 0.2) is 60.8 Å². The Hall–Kier alpha value is -3.05. The van der Waals surface area contributed by atoms with Gasteiger partial charge in [-0.05, 0) is 60.9 Å². The van der Waals surface area contributed by atoms with Crippen LogP contribution in [0.2, 0.25) is 0 Å². The predicted molar refractivity (Wildman–Crippen MR) is 118 cm³/mol. The molecule has 4 rings (SSSR count). The van der Waals surface area contributed by atoms with Gasteiger partial charge in [0.1, 0.15) is 0 Å². The molecular formula is C24H28N4O. The van der Waals surface area contributed by atoms with Gasteiger partial charge < -0.3 is 20.5 Å². The average molecular weight is 389 g/mol. The largest absolute Gasteiger partial charge is 0.380 e. The van der Waals surface area contributed by atoms with Gasteiger partial charge in [-0.3, -0.25) is 4.79 Å². The van der Waals surface area contributed by atoms with E-state index in [2.05, 4.69) is 44.8 Å². The molecule has 1 aliphatic heterocycles. The van der Waals surface area contributed by atoms with Crippen molar-refractivity contribution in [3.8, 4) is 11.3 Å². The van der Waals surface area contributed by atoms with E-state index in [0.29, 0.717) is 11.6 Å². The maximum Gasteiger partial charge on any atom is 0.252 e. The molecule has 1 aliphatic rings. The third-order valence-corrected chi connectivity index (χ3v) is 5.61. The Labute approximate surface area is 172 Å². The summed E-state index contributed by atoms with van der Waals surface area (Å²) in [6.07, 6.45) is 2.04. The molecule has 0 radical (unpaired) electrons. The van der Waals surface area contributed by atoms with Crippen molar-refractivity contribution in [2.75, 3.05) is 18.4 Å². The molecule has 5 heteroatoms. The number of nitrogens with zero attached hydrogens (tertiary/aromatic N) is 1. The van der Waals surface area contributed by atoms with Gasteiger partial charge in [0.25, 0.3) is 5.91 Å². The molecule has 1 fully saturated rings. The molecule has 0 saturated carbocycles. The fourth-order valence-electron chi connectivity index (χ4n) is 3.67. The average Bonchev–Trinajstić information content (AvgIpc) is 3.11. The van der Waals surface area contributed by atoms with Gasteiger partial charge in [-0.2, -0.15) is 0 Å². The van der Waals surface area contributed by atoms with Gasteiger partial charge in [-0.1, -0.05) is 24.3 Å². The number of aryl methyl sites for hydroxylation is 2. The Morgan fingerprint density at radius 3 is 2.66 bits per heavy atom. The summed E-state index contributed by atoms with van der Waals surface area (Å²) in [7, 11) is 2.04. The van der Waals surface area contributed by atoms with Crippen molar-refractivity contribution in [2.45, 2.75) is 25.9 Å². The van der Waals surface area contributed by atoms with Crippen molar-refractivity contribution in [3.63, 3.8) is 0 Å². The number of hydrogen-bond donors (Lipinski definition) is 3. The van der Waals surface area contributed by atoms with Crippen LogP contribution < -0.4 is 16.0 Å². The third kappa shape index (κ3) is 4.20. The molecule has 1 aromatic heterocycles. The van der Waals surface area contributed by atoms with Gasteiger partial charge in [0.2, 0.25) is 0 Å². The molecule has 0 aliphatic carbocycles. The number of hydrogen-bond acceptors (Lipinski definition) is 3. The summed E-state index contributed by atoms with van der Waals surface area (Å²) in [5, 5.41) is 9.88. The maximum atomic E-state index is 13.0. The fourth-order valence-corrected chi connectivity index (χ4v) is 3.67. The Morgan fingerprint density at radius 1 is 1.14 bits per heavy atom. The van der Waals surface area contributed by atoms with E-state index in [1.807, 2.05) is 57.4 Å². The molecule has 0 unspecified atom stereocenters. The first kappa shape index (κ1) is 19.3. The highest BCUT2D eigenvalue weighted by Crippen LogP contribution is 2.24. The van der Waals surface area contributed by atoms with Gasteiger partial charge in [-0.15, -0.1) is 0 Å². The van der Waals surface area contributed by atoms with E-state index in [-0.39, 0.29) is 11.9 Å². The number of nitrogens with one attached hydrogen (secondary N) is 3. The second kappa shape index (κ2) is 8.13. The number of amides is 1. The van der Waals surface area contributed by atoms with Crippen molar-refractivity contribution in [3.05, 3.63) is 77.5 Å². The van der Waals surface area contributed by atoms with Gasteiger partial charge >= 0.3 is 0 Å². The van der Waals surface area contributed by atoms with E-state index in [1.165, 1.54) is 0 Å². The van der Waals surface area contributed by atoms with Gasteiger partial charge in [0.15, 0.2) is 0 Å². The maximum absolute atomic E-state index is 13.0. The Morgan fingerprint density at radius 2 is 1.97 bits per heavy atom. The number of anilines is 1. The molecule has 3 aromatic rings. The minimum atomic E-state index is -0.0884. The molecule has 2 aromatic carbocycles. The highest BCUT2D eigenvalue weighted by Gasteiger charge is 2.18. The zero-order valence-corrected chi connectivity index (χ0v) is 17.2. The zero-order chi connectivity index (χ0) is 20.4. The lowest BCUT2D eigenvalue weighted by Crippen LogP contribution is -2.51. The van der Waals surface area contributed by atoms with Gasteiger partial charge in [0, 0.05) is 43.3 Å². The Balaban J connectivity index is 1.50. The number of rotatable bonds is 6. The predicted octanol–water partition coefficient (Wildman–Crippen LogP) is 3.88. The van der Waals surface area contributed by atoms with Crippen molar-refractivity contribution < 1.29 is 4.79 Å². The minimum absolute atomic E-state index is 0.0466. The molecule has 0 bridgehead atoms. The SMILES string of the molecule is Cc1ccc(NC2CNC2)cc1C(=O)N[C@H](C)c1cccc(-c2cccn2C)c1. The third-order valence-electron chi connectivity index (χ3n) is 5.61. The summed E-state index contributed by atoms with van der Waals surface area (Å²) in [5.74, 6) is -0.0466. The van der Waals surface area contributed by atoms with Crippen LogP contribution in [-0.4, -0.2) is 29.6 Å². The second-order valence-corrected chi connectivity index (χ2v) is 7.85. The monoisotopic (exact) mass is 388 g/mol. The molecule has 1 amide bonds. The van der Waals surface area contributed by atoms with E-state index in [4.69, 9.17) is 0 Å². The number of benzene rings is 2.